The molecule has 0 spiro atoms. The van der Waals surface area contributed by atoms with Gasteiger partial charge in [-0.2, -0.15) is 0 Å². The van der Waals surface area contributed by atoms with Gasteiger partial charge in [0.15, 0.2) is 0 Å². The van der Waals surface area contributed by atoms with E-state index < -0.39 is 29.6 Å². The monoisotopic (exact) mass is 271 g/mol. The molecule has 1 aromatic carbocycles. The van der Waals surface area contributed by atoms with Crippen molar-refractivity contribution >= 4 is 11.9 Å². The number of carbonyl (C=O) groups excluding carboxylic acids is 2. The van der Waals surface area contributed by atoms with Crippen LogP contribution in [0.15, 0.2) is 18.2 Å². The lowest BCUT2D eigenvalue weighted by Crippen LogP contribution is -2.40. The Labute approximate surface area is 109 Å². The van der Waals surface area contributed by atoms with Gasteiger partial charge in [-0.25, -0.2) is 13.6 Å². The highest BCUT2D eigenvalue weighted by Crippen LogP contribution is 2.10. The highest BCUT2D eigenvalue weighted by molar-refractivity contribution is 5.85. The van der Waals surface area contributed by atoms with E-state index in [2.05, 4.69) is 5.32 Å². The van der Waals surface area contributed by atoms with E-state index in [1.54, 1.807) is 6.92 Å². The van der Waals surface area contributed by atoms with Crippen LogP contribution in [0.25, 0.3) is 0 Å². The molecule has 1 unspecified atom stereocenters. The summed E-state index contributed by atoms with van der Waals surface area (Å²) >= 11 is 0. The van der Waals surface area contributed by atoms with Gasteiger partial charge < -0.3 is 10.1 Å². The molecule has 1 atom stereocenters. The van der Waals surface area contributed by atoms with Crippen molar-refractivity contribution in [2.75, 3.05) is 6.61 Å². The van der Waals surface area contributed by atoms with E-state index in [0.717, 1.165) is 6.07 Å². The van der Waals surface area contributed by atoms with Gasteiger partial charge in [-0.3, -0.25) is 4.79 Å². The number of nitrogens with one attached hydrogen (secondary N) is 1. The molecule has 6 heteroatoms. The Balaban J connectivity index is 2.58. The highest BCUT2D eigenvalue weighted by atomic mass is 19.1. The predicted octanol–water partition coefficient (Wildman–Crippen LogP) is 1.58. The molecular weight excluding hydrogens is 256 g/mol. The van der Waals surface area contributed by atoms with Crippen LogP contribution in [0.2, 0.25) is 0 Å². The second-order valence-electron chi connectivity index (χ2n) is 3.95. The summed E-state index contributed by atoms with van der Waals surface area (Å²) in [4.78, 5) is 22.9. The number of halogens is 2. The van der Waals surface area contributed by atoms with Gasteiger partial charge in [0.05, 0.1) is 13.0 Å². The lowest BCUT2D eigenvalue weighted by Gasteiger charge is -2.12. The van der Waals surface area contributed by atoms with Gasteiger partial charge in [-0.15, -0.1) is 0 Å². The van der Waals surface area contributed by atoms with Crippen LogP contribution in [0, 0.1) is 11.6 Å². The molecule has 1 rings (SSSR count). The minimum absolute atomic E-state index is 0.0648. The van der Waals surface area contributed by atoms with E-state index in [1.807, 2.05) is 0 Å². The molecule has 1 N–H and O–H groups in total. The Kier molecular flexibility index (Phi) is 5.41. The SMILES string of the molecule is CCOC(=O)C(C)NC(=O)Cc1ccc(F)cc1F. The maximum atomic E-state index is 13.3. The Morgan fingerprint density at radius 3 is 2.63 bits per heavy atom. The van der Waals surface area contributed by atoms with Crippen LogP contribution in [-0.4, -0.2) is 24.5 Å². The van der Waals surface area contributed by atoms with E-state index in [9.17, 15) is 18.4 Å². The van der Waals surface area contributed by atoms with Crippen LogP contribution in [0.3, 0.4) is 0 Å². The number of rotatable bonds is 5. The molecule has 0 aromatic heterocycles. The first-order chi connectivity index (χ1) is 8.93. The molecule has 0 aliphatic heterocycles. The van der Waals surface area contributed by atoms with E-state index in [1.165, 1.54) is 13.0 Å². The molecular formula is C13H15F2NO3. The fourth-order valence-electron chi connectivity index (χ4n) is 1.46. The summed E-state index contributed by atoms with van der Waals surface area (Å²) in [6, 6.07) is 2.16. The van der Waals surface area contributed by atoms with Gasteiger partial charge in [0.1, 0.15) is 17.7 Å². The fraction of sp³-hybridized carbons (Fsp3) is 0.385. The zero-order valence-corrected chi connectivity index (χ0v) is 10.7. The maximum Gasteiger partial charge on any atom is 0.328 e. The largest absolute Gasteiger partial charge is 0.464 e. The van der Waals surface area contributed by atoms with E-state index in [0.29, 0.717) is 6.07 Å². The third-order valence-electron chi connectivity index (χ3n) is 2.38. The molecule has 0 saturated heterocycles. The van der Waals surface area contributed by atoms with Gasteiger partial charge in [-0.05, 0) is 25.5 Å². The van der Waals surface area contributed by atoms with Crippen LogP contribution in [0.1, 0.15) is 19.4 Å². The summed E-state index contributed by atoms with van der Waals surface area (Å²) in [7, 11) is 0. The second-order valence-corrected chi connectivity index (χ2v) is 3.95. The van der Waals surface area contributed by atoms with Crippen LogP contribution in [-0.2, 0) is 20.7 Å². The van der Waals surface area contributed by atoms with Crippen molar-refractivity contribution in [2.24, 2.45) is 0 Å². The van der Waals surface area contributed by atoms with Crippen molar-refractivity contribution in [3.63, 3.8) is 0 Å². The van der Waals surface area contributed by atoms with Gasteiger partial charge in [0, 0.05) is 6.07 Å². The molecule has 0 saturated carbocycles. The van der Waals surface area contributed by atoms with Crippen molar-refractivity contribution in [2.45, 2.75) is 26.3 Å². The number of carbonyl (C=O) groups is 2. The van der Waals surface area contributed by atoms with Gasteiger partial charge in [0.2, 0.25) is 5.91 Å². The van der Waals surface area contributed by atoms with Gasteiger partial charge in [0.25, 0.3) is 0 Å². The number of amides is 1. The Hall–Kier alpha value is -1.98. The minimum Gasteiger partial charge on any atom is -0.464 e. The average Bonchev–Trinajstić information content (AvgIpc) is 2.33. The number of ether oxygens (including phenoxy) is 1. The normalized spacial score (nSPS) is 11.8. The Bertz CT molecular complexity index is 477. The lowest BCUT2D eigenvalue weighted by atomic mass is 10.1. The smallest absolute Gasteiger partial charge is 0.328 e. The topological polar surface area (TPSA) is 55.4 Å². The third kappa shape index (κ3) is 4.65. The molecule has 19 heavy (non-hydrogen) atoms. The third-order valence-corrected chi connectivity index (χ3v) is 2.38. The number of hydrogen-bond donors (Lipinski definition) is 1. The fourth-order valence-corrected chi connectivity index (χ4v) is 1.46. The minimum atomic E-state index is -0.809. The maximum absolute atomic E-state index is 13.3. The van der Waals surface area contributed by atoms with Crippen molar-refractivity contribution in [1.82, 2.24) is 5.32 Å². The summed E-state index contributed by atoms with van der Waals surface area (Å²) < 4.78 is 30.7. The second kappa shape index (κ2) is 6.82. The van der Waals surface area contributed by atoms with Crippen LogP contribution in [0.5, 0.6) is 0 Å². The first-order valence-corrected chi connectivity index (χ1v) is 5.84. The molecule has 1 aromatic rings. The first kappa shape index (κ1) is 15.1. The average molecular weight is 271 g/mol. The molecule has 1 amide bonds. The molecule has 4 nitrogen and oxygen atoms in total. The molecule has 0 aliphatic carbocycles. The van der Waals surface area contributed by atoms with E-state index >= 15 is 0 Å². The van der Waals surface area contributed by atoms with Crippen LogP contribution >= 0.6 is 0 Å². The molecule has 104 valence electrons. The Morgan fingerprint density at radius 2 is 2.05 bits per heavy atom. The zero-order valence-electron chi connectivity index (χ0n) is 10.7. The first-order valence-electron chi connectivity index (χ1n) is 5.84. The van der Waals surface area contributed by atoms with Gasteiger partial charge in [-0.1, -0.05) is 6.07 Å². The summed E-state index contributed by atoms with van der Waals surface area (Å²) in [5.74, 6) is -2.60. The van der Waals surface area contributed by atoms with Gasteiger partial charge >= 0.3 is 5.97 Å². The number of esters is 1. The van der Waals surface area contributed by atoms with Crippen molar-refractivity contribution in [3.05, 3.63) is 35.4 Å². The standard InChI is InChI=1S/C13H15F2NO3/c1-3-19-13(18)8(2)16-12(17)6-9-4-5-10(14)7-11(9)15/h4-5,7-8H,3,6H2,1-2H3,(H,16,17). The van der Waals surface area contributed by atoms with Crippen molar-refractivity contribution in [1.29, 1.82) is 0 Å². The number of hydrogen-bond acceptors (Lipinski definition) is 3. The summed E-state index contributed by atoms with van der Waals surface area (Å²) in [6.07, 6.45) is -0.268. The van der Waals surface area contributed by atoms with E-state index in [-0.39, 0.29) is 18.6 Å². The molecule has 0 heterocycles. The predicted molar refractivity (Wildman–Crippen MR) is 64.3 cm³/mol. The highest BCUT2D eigenvalue weighted by Gasteiger charge is 2.17. The summed E-state index contributed by atoms with van der Waals surface area (Å²) in [5, 5.41) is 2.38. The number of benzene rings is 1. The van der Waals surface area contributed by atoms with Crippen molar-refractivity contribution in [3.8, 4) is 0 Å². The molecule has 0 aliphatic rings. The Morgan fingerprint density at radius 1 is 1.37 bits per heavy atom. The summed E-state index contributed by atoms with van der Waals surface area (Å²) in [6.45, 7) is 3.34. The molecule has 0 fully saturated rings. The summed E-state index contributed by atoms with van der Waals surface area (Å²) in [5.41, 5.74) is 0.0648. The quantitative estimate of drug-likeness (QED) is 0.827. The van der Waals surface area contributed by atoms with Crippen LogP contribution < -0.4 is 5.32 Å². The van der Waals surface area contributed by atoms with Crippen LogP contribution in [0.4, 0.5) is 8.78 Å². The molecule has 0 bridgehead atoms. The molecule has 0 radical (unpaired) electrons. The zero-order chi connectivity index (χ0) is 14.4. The van der Waals surface area contributed by atoms with Crippen molar-refractivity contribution < 1.29 is 23.1 Å². The van der Waals surface area contributed by atoms with E-state index in [4.69, 9.17) is 4.74 Å². The lowest BCUT2D eigenvalue weighted by molar-refractivity contribution is -0.146.